The Balaban J connectivity index is 1.99. The van der Waals surface area contributed by atoms with E-state index in [2.05, 4.69) is 18.9 Å². The Kier molecular flexibility index (Phi) is 4.90. The van der Waals surface area contributed by atoms with Gasteiger partial charge in [-0.3, -0.25) is 4.68 Å². The van der Waals surface area contributed by atoms with Crippen molar-refractivity contribution in [3.8, 4) is 0 Å². The summed E-state index contributed by atoms with van der Waals surface area (Å²) in [7, 11) is 0. The van der Waals surface area contributed by atoms with E-state index in [-0.39, 0.29) is 18.3 Å². The van der Waals surface area contributed by atoms with Gasteiger partial charge in [0.2, 0.25) is 0 Å². The lowest BCUT2D eigenvalue weighted by atomic mass is 9.95. The van der Waals surface area contributed by atoms with E-state index in [0.29, 0.717) is 6.04 Å². The van der Waals surface area contributed by atoms with Crippen LogP contribution < -0.4 is 0 Å². The number of hydrogen-bond donors (Lipinski definition) is 1. The maximum absolute atomic E-state index is 12.9. The molecule has 3 nitrogen and oxygen atoms in total. The molecule has 0 spiro atoms. The number of hydrogen-bond acceptors (Lipinski definition) is 2. The van der Waals surface area contributed by atoms with E-state index in [9.17, 15) is 9.50 Å². The van der Waals surface area contributed by atoms with E-state index >= 15 is 0 Å². The van der Waals surface area contributed by atoms with Crippen molar-refractivity contribution < 1.29 is 9.50 Å². The molecule has 0 radical (unpaired) electrons. The molecule has 1 aromatic heterocycles. The van der Waals surface area contributed by atoms with Crippen LogP contribution in [0.4, 0.5) is 4.39 Å². The summed E-state index contributed by atoms with van der Waals surface area (Å²) in [6.07, 6.45) is 3.42. The minimum absolute atomic E-state index is 0.103. The van der Waals surface area contributed by atoms with Crippen molar-refractivity contribution in [3.05, 3.63) is 53.6 Å². The van der Waals surface area contributed by atoms with Gasteiger partial charge in [-0.25, -0.2) is 4.39 Å². The summed E-state index contributed by atoms with van der Waals surface area (Å²) in [4.78, 5) is 0. The Bertz CT molecular complexity index is 534. The number of benzene rings is 1. The molecule has 0 aliphatic rings. The van der Waals surface area contributed by atoms with Gasteiger partial charge in [-0.1, -0.05) is 12.1 Å². The van der Waals surface area contributed by atoms with Gasteiger partial charge in [0.05, 0.1) is 5.69 Å². The maximum Gasteiger partial charge on any atom is 0.123 e. The molecule has 1 atom stereocenters. The van der Waals surface area contributed by atoms with Gasteiger partial charge in [-0.2, -0.15) is 5.10 Å². The predicted octanol–water partition coefficient (Wildman–Crippen LogP) is 3.00. The third kappa shape index (κ3) is 3.90. The summed E-state index contributed by atoms with van der Waals surface area (Å²) in [6.45, 7) is 4.27. The molecule has 0 saturated heterocycles. The number of aromatic nitrogens is 2. The lowest BCUT2D eigenvalue weighted by Crippen LogP contribution is -2.14. The summed E-state index contributed by atoms with van der Waals surface area (Å²) in [6, 6.07) is 8.78. The summed E-state index contributed by atoms with van der Waals surface area (Å²) in [5.41, 5.74) is 2.02. The lowest BCUT2D eigenvalue weighted by molar-refractivity contribution is 0.224. The largest absolute Gasteiger partial charge is 0.396 e. The molecule has 0 bridgehead atoms. The molecule has 20 heavy (non-hydrogen) atoms. The zero-order valence-electron chi connectivity index (χ0n) is 12.0. The van der Waals surface area contributed by atoms with Crippen LogP contribution in [-0.2, 0) is 12.8 Å². The predicted molar refractivity (Wildman–Crippen MR) is 77.0 cm³/mol. The highest BCUT2D eigenvalue weighted by molar-refractivity contribution is 5.17. The van der Waals surface area contributed by atoms with E-state index in [1.807, 2.05) is 16.9 Å². The first-order valence-electron chi connectivity index (χ1n) is 6.98. The summed E-state index contributed by atoms with van der Waals surface area (Å²) in [5.74, 6) is -0.124. The number of nitrogens with zero attached hydrogens (tertiary/aromatic N) is 2. The highest BCUT2D eigenvalue weighted by atomic mass is 19.1. The second-order valence-corrected chi connectivity index (χ2v) is 5.46. The number of aliphatic hydroxyl groups is 1. The quantitative estimate of drug-likeness (QED) is 0.880. The molecule has 2 aromatic rings. The average Bonchev–Trinajstić information content (AvgIpc) is 2.89. The number of rotatable bonds is 6. The molecule has 2 rings (SSSR count). The van der Waals surface area contributed by atoms with E-state index in [0.717, 1.165) is 24.1 Å². The summed E-state index contributed by atoms with van der Waals surface area (Å²) in [5, 5.41) is 14.0. The maximum atomic E-state index is 12.9. The van der Waals surface area contributed by atoms with Crippen LogP contribution in [0.15, 0.2) is 36.5 Å². The van der Waals surface area contributed by atoms with Gasteiger partial charge in [0.15, 0.2) is 0 Å². The van der Waals surface area contributed by atoms with Crippen LogP contribution in [0.25, 0.3) is 0 Å². The monoisotopic (exact) mass is 276 g/mol. The minimum Gasteiger partial charge on any atom is -0.396 e. The zero-order chi connectivity index (χ0) is 14.5. The van der Waals surface area contributed by atoms with Crippen molar-refractivity contribution in [1.82, 2.24) is 9.78 Å². The van der Waals surface area contributed by atoms with Crippen molar-refractivity contribution in [2.24, 2.45) is 5.92 Å². The normalized spacial score (nSPS) is 12.8. The van der Waals surface area contributed by atoms with E-state index in [1.165, 1.54) is 12.1 Å². The van der Waals surface area contributed by atoms with Crippen LogP contribution in [0, 0.1) is 11.7 Å². The molecular formula is C16H21FN2O. The summed E-state index contributed by atoms with van der Waals surface area (Å²) >= 11 is 0. The minimum atomic E-state index is -0.232. The SMILES string of the molecule is CC(C)n1ccc(CC(CO)Cc2ccc(F)cc2)n1. The van der Waals surface area contributed by atoms with Gasteiger partial charge < -0.3 is 5.11 Å². The smallest absolute Gasteiger partial charge is 0.123 e. The van der Waals surface area contributed by atoms with Gasteiger partial charge >= 0.3 is 0 Å². The molecular weight excluding hydrogens is 255 g/mol. The fourth-order valence-electron chi connectivity index (χ4n) is 2.22. The Morgan fingerprint density at radius 1 is 1.15 bits per heavy atom. The average molecular weight is 276 g/mol. The van der Waals surface area contributed by atoms with Crippen LogP contribution in [0.2, 0.25) is 0 Å². The Labute approximate surface area is 119 Å². The zero-order valence-corrected chi connectivity index (χ0v) is 12.0. The van der Waals surface area contributed by atoms with Crippen LogP contribution in [0.1, 0.15) is 31.1 Å². The van der Waals surface area contributed by atoms with Crippen molar-refractivity contribution in [2.75, 3.05) is 6.61 Å². The topological polar surface area (TPSA) is 38.0 Å². The van der Waals surface area contributed by atoms with Crippen molar-refractivity contribution in [1.29, 1.82) is 0 Å². The highest BCUT2D eigenvalue weighted by Crippen LogP contribution is 2.15. The molecule has 1 heterocycles. The van der Waals surface area contributed by atoms with Gasteiger partial charge in [-0.05, 0) is 56.4 Å². The van der Waals surface area contributed by atoms with Gasteiger partial charge in [0, 0.05) is 18.8 Å². The van der Waals surface area contributed by atoms with Crippen molar-refractivity contribution in [2.45, 2.75) is 32.7 Å². The third-order valence-corrected chi connectivity index (χ3v) is 3.39. The van der Waals surface area contributed by atoms with Crippen molar-refractivity contribution in [3.63, 3.8) is 0 Å². The van der Waals surface area contributed by atoms with Crippen molar-refractivity contribution >= 4 is 0 Å². The molecule has 4 heteroatoms. The number of aliphatic hydroxyl groups excluding tert-OH is 1. The van der Waals surface area contributed by atoms with Crippen LogP contribution >= 0.6 is 0 Å². The Morgan fingerprint density at radius 2 is 1.85 bits per heavy atom. The molecule has 0 amide bonds. The fourth-order valence-corrected chi connectivity index (χ4v) is 2.22. The standard InChI is InChI=1S/C16H21FN2O/c1-12(2)19-8-7-16(18-19)10-14(11-20)9-13-3-5-15(17)6-4-13/h3-8,12,14,20H,9-11H2,1-2H3. The molecule has 1 N–H and O–H groups in total. The molecule has 108 valence electrons. The lowest BCUT2D eigenvalue weighted by Gasteiger charge is -2.13. The van der Waals surface area contributed by atoms with Crippen LogP contribution in [0.5, 0.6) is 0 Å². The first kappa shape index (κ1) is 14.7. The third-order valence-electron chi connectivity index (χ3n) is 3.39. The Hall–Kier alpha value is -1.68. The van der Waals surface area contributed by atoms with Gasteiger partial charge in [0.1, 0.15) is 5.82 Å². The van der Waals surface area contributed by atoms with E-state index in [1.54, 1.807) is 12.1 Å². The van der Waals surface area contributed by atoms with Crippen LogP contribution in [-0.4, -0.2) is 21.5 Å². The molecule has 0 aliphatic carbocycles. The van der Waals surface area contributed by atoms with Crippen LogP contribution in [0.3, 0.4) is 0 Å². The van der Waals surface area contributed by atoms with E-state index < -0.39 is 0 Å². The molecule has 1 unspecified atom stereocenters. The van der Waals surface area contributed by atoms with Gasteiger partial charge in [0.25, 0.3) is 0 Å². The number of halogens is 1. The Morgan fingerprint density at radius 3 is 2.40 bits per heavy atom. The molecule has 0 aliphatic heterocycles. The first-order valence-corrected chi connectivity index (χ1v) is 6.98. The van der Waals surface area contributed by atoms with Gasteiger partial charge in [-0.15, -0.1) is 0 Å². The molecule has 1 aromatic carbocycles. The highest BCUT2D eigenvalue weighted by Gasteiger charge is 2.12. The van der Waals surface area contributed by atoms with E-state index in [4.69, 9.17) is 0 Å². The first-order chi connectivity index (χ1) is 9.58. The summed E-state index contributed by atoms with van der Waals surface area (Å²) < 4.78 is 14.8. The molecule has 0 fully saturated rings. The second kappa shape index (κ2) is 6.66. The fraction of sp³-hybridized carbons (Fsp3) is 0.438. The molecule has 0 saturated carbocycles. The second-order valence-electron chi connectivity index (χ2n) is 5.46.